The second-order valence-corrected chi connectivity index (χ2v) is 4.72. The number of benzene rings is 1. The molecule has 0 aliphatic rings. The van der Waals surface area contributed by atoms with Crippen LogP contribution >= 0.6 is 0 Å². The highest BCUT2D eigenvalue weighted by Gasteiger charge is 2.25. The van der Waals surface area contributed by atoms with E-state index >= 15 is 0 Å². The molecular formula is C16H19NO7. The van der Waals surface area contributed by atoms with Gasteiger partial charge < -0.3 is 19.3 Å². The zero-order chi connectivity index (χ0) is 18.1. The molecule has 0 heterocycles. The van der Waals surface area contributed by atoms with Crippen molar-refractivity contribution in [3.63, 3.8) is 0 Å². The monoisotopic (exact) mass is 337 g/mol. The van der Waals surface area contributed by atoms with E-state index in [-0.39, 0.29) is 18.8 Å². The number of hydrogen-bond acceptors (Lipinski definition) is 8. The molecule has 0 bridgehead atoms. The molecule has 0 aliphatic heterocycles. The van der Waals surface area contributed by atoms with Gasteiger partial charge in [0.2, 0.25) is 0 Å². The summed E-state index contributed by atoms with van der Waals surface area (Å²) in [6, 6.07) is 4.47. The van der Waals surface area contributed by atoms with Gasteiger partial charge in [-0.1, -0.05) is 12.1 Å². The second kappa shape index (κ2) is 9.29. The van der Waals surface area contributed by atoms with Gasteiger partial charge in [0.05, 0.1) is 20.1 Å². The van der Waals surface area contributed by atoms with Crippen molar-refractivity contribution in [1.29, 1.82) is 0 Å². The quantitative estimate of drug-likeness (QED) is 0.481. The largest absolute Gasteiger partial charge is 0.516 e. The molecule has 1 N–H and O–H groups in total. The van der Waals surface area contributed by atoms with Crippen LogP contribution in [0.4, 0.5) is 4.79 Å². The third kappa shape index (κ3) is 6.07. The summed E-state index contributed by atoms with van der Waals surface area (Å²) < 4.78 is 13.7. The van der Waals surface area contributed by atoms with Crippen LogP contribution in [-0.4, -0.2) is 42.6 Å². The smallest absolute Gasteiger partial charge is 0.508 e. The maximum Gasteiger partial charge on any atom is 0.516 e. The molecule has 0 aliphatic carbocycles. The molecule has 24 heavy (non-hydrogen) atoms. The van der Waals surface area contributed by atoms with Crippen molar-refractivity contribution in [3.05, 3.63) is 29.8 Å². The van der Waals surface area contributed by atoms with E-state index in [9.17, 15) is 19.5 Å². The van der Waals surface area contributed by atoms with Crippen LogP contribution in [0.15, 0.2) is 29.3 Å². The molecule has 0 radical (unpaired) electrons. The van der Waals surface area contributed by atoms with Crippen molar-refractivity contribution in [2.45, 2.75) is 26.3 Å². The summed E-state index contributed by atoms with van der Waals surface area (Å²) in [6.07, 6.45) is -1.25. The van der Waals surface area contributed by atoms with Gasteiger partial charge in [-0.2, -0.15) is 0 Å². The number of esters is 2. The molecule has 8 nitrogen and oxygen atoms in total. The molecule has 0 saturated heterocycles. The molecule has 1 aromatic rings. The third-order valence-corrected chi connectivity index (χ3v) is 2.86. The van der Waals surface area contributed by atoms with E-state index in [4.69, 9.17) is 0 Å². The Balaban J connectivity index is 3.04. The van der Waals surface area contributed by atoms with E-state index in [1.54, 1.807) is 13.8 Å². The number of rotatable bonds is 6. The minimum absolute atomic E-state index is 0.00604. The predicted octanol–water partition coefficient (Wildman–Crippen LogP) is 2.16. The highest BCUT2D eigenvalue weighted by molar-refractivity contribution is 5.99. The molecule has 130 valence electrons. The molecule has 1 aromatic carbocycles. The first-order valence-corrected chi connectivity index (χ1v) is 7.14. The molecule has 0 spiro atoms. The van der Waals surface area contributed by atoms with E-state index in [1.807, 2.05) is 0 Å². The Hall–Kier alpha value is -2.90. The molecule has 8 heteroatoms. The number of phenolic OH excluding ortho intramolecular Hbond substituents is 1. The fourth-order valence-corrected chi connectivity index (χ4v) is 1.75. The Morgan fingerprint density at radius 3 is 2.38 bits per heavy atom. The van der Waals surface area contributed by atoms with E-state index < -0.39 is 24.1 Å². The minimum atomic E-state index is -1.18. The van der Waals surface area contributed by atoms with Crippen molar-refractivity contribution >= 4 is 23.8 Å². The Labute approximate surface area is 139 Å². The number of ether oxygens (including phenoxy) is 3. The first-order chi connectivity index (χ1) is 11.4. The lowest BCUT2D eigenvalue weighted by molar-refractivity contribution is -0.142. The van der Waals surface area contributed by atoms with E-state index in [0.29, 0.717) is 11.3 Å². The SMILES string of the molecule is CCOC(=O)OC(=O)C(N=C(C)CC(=O)OC)c1ccc(O)cc1. The zero-order valence-electron chi connectivity index (χ0n) is 13.6. The van der Waals surface area contributed by atoms with Crippen LogP contribution in [-0.2, 0) is 23.8 Å². The lowest BCUT2D eigenvalue weighted by atomic mass is 10.1. The number of carbonyl (C=O) groups is 3. The van der Waals surface area contributed by atoms with Gasteiger partial charge in [0.25, 0.3) is 0 Å². The van der Waals surface area contributed by atoms with E-state index in [1.165, 1.54) is 31.4 Å². The molecule has 1 unspecified atom stereocenters. The highest BCUT2D eigenvalue weighted by atomic mass is 16.7. The maximum atomic E-state index is 12.2. The van der Waals surface area contributed by atoms with Gasteiger partial charge in [-0.25, -0.2) is 9.59 Å². The van der Waals surface area contributed by atoms with Crippen LogP contribution in [0, 0.1) is 0 Å². The maximum absolute atomic E-state index is 12.2. The summed E-state index contributed by atoms with van der Waals surface area (Å²) in [5.74, 6) is -1.46. The summed E-state index contributed by atoms with van der Waals surface area (Å²) in [5, 5.41) is 9.34. The molecule has 1 atom stereocenters. The average molecular weight is 337 g/mol. The molecule has 0 fully saturated rings. The Morgan fingerprint density at radius 1 is 1.21 bits per heavy atom. The fraction of sp³-hybridized carbons (Fsp3) is 0.375. The Morgan fingerprint density at radius 2 is 1.83 bits per heavy atom. The number of hydrogen-bond donors (Lipinski definition) is 1. The molecule has 1 rings (SSSR count). The minimum Gasteiger partial charge on any atom is -0.508 e. The predicted molar refractivity (Wildman–Crippen MR) is 83.7 cm³/mol. The average Bonchev–Trinajstić information content (AvgIpc) is 2.53. The van der Waals surface area contributed by atoms with Crippen LogP contribution in [0.2, 0.25) is 0 Å². The van der Waals surface area contributed by atoms with Crippen LogP contribution in [0.5, 0.6) is 5.75 Å². The number of aliphatic imine (C=N–C) groups is 1. The van der Waals surface area contributed by atoms with Crippen molar-refractivity contribution in [1.82, 2.24) is 0 Å². The van der Waals surface area contributed by atoms with Crippen LogP contribution < -0.4 is 0 Å². The molecule has 0 saturated carbocycles. The first-order valence-electron chi connectivity index (χ1n) is 7.14. The topological polar surface area (TPSA) is 111 Å². The van der Waals surface area contributed by atoms with Crippen LogP contribution in [0.3, 0.4) is 0 Å². The summed E-state index contributed by atoms with van der Waals surface area (Å²) in [5.41, 5.74) is 0.701. The van der Waals surface area contributed by atoms with E-state index in [2.05, 4.69) is 19.2 Å². The standard InChI is InChI=1S/C16H19NO7/c1-4-23-16(21)24-15(20)14(11-5-7-12(18)8-6-11)17-10(2)9-13(19)22-3/h5-8,14,18H,4,9H2,1-3H3. The molecular weight excluding hydrogens is 318 g/mol. The van der Waals surface area contributed by atoms with Crippen LogP contribution in [0.1, 0.15) is 31.9 Å². The number of aromatic hydroxyl groups is 1. The first kappa shape index (κ1) is 19.1. The van der Waals surface area contributed by atoms with Gasteiger partial charge in [0.15, 0.2) is 6.04 Å². The number of phenols is 1. The van der Waals surface area contributed by atoms with Crippen molar-refractivity contribution in [3.8, 4) is 5.75 Å². The fourth-order valence-electron chi connectivity index (χ4n) is 1.75. The van der Waals surface area contributed by atoms with Gasteiger partial charge >= 0.3 is 18.1 Å². The van der Waals surface area contributed by atoms with Gasteiger partial charge in [-0.15, -0.1) is 0 Å². The van der Waals surface area contributed by atoms with Gasteiger partial charge in [0, 0.05) is 5.71 Å². The normalized spacial score (nSPS) is 12.2. The number of methoxy groups -OCH3 is 1. The lowest BCUT2D eigenvalue weighted by Crippen LogP contribution is -2.21. The Bertz CT molecular complexity index is 622. The van der Waals surface area contributed by atoms with Gasteiger partial charge in [-0.3, -0.25) is 9.79 Å². The number of nitrogens with zero attached hydrogens (tertiary/aromatic N) is 1. The summed E-state index contributed by atoms with van der Waals surface area (Å²) in [7, 11) is 1.24. The molecule has 0 aromatic heterocycles. The van der Waals surface area contributed by atoms with Gasteiger partial charge in [-0.05, 0) is 31.5 Å². The molecule has 0 amide bonds. The van der Waals surface area contributed by atoms with Crippen LogP contribution in [0.25, 0.3) is 0 Å². The lowest BCUT2D eigenvalue weighted by Gasteiger charge is -2.13. The van der Waals surface area contributed by atoms with Crippen molar-refractivity contribution in [2.75, 3.05) is 13.7 Å². The van der Waals surface area contributed by atoms with Crippen molar-refractivity contribution < 1.29 is 33.7 Å². The third-order valence-electron chi connectivity index (χ3n) is 2.86. The highest BCUT2D eigenvalue weighted by Crippen LogP contribution is 2.22. The second-order valence-electron chi connectivity index (χ2n) is 4.72. The summed E-state index contributed by atoms with van der Waals surface area (Å²) >= 11 is 0. The Kier molecular flexibility index (Phi) is 7.41. The zero-order valence-corrected chi connectivity index (χ0v) is 13.6. The number of carbonyl (C=O) groups excluding carboxylic acids is 3. The summed E-state index contributed by atoms with van der Waals surface area (Å²) in [4.78, 5) is 38.9. The van der Waals surface area contributed by atoms with E-state index in [0.717, 1.165) is 0 Å². The van der Waals surface area contributed by atoms with Gasteiger partial charge in [0.1, 0.15) is 5.75 Å². The van der Waals surface area contributed by atoms with Crippen molar-refractivity contribution in [2.24, 2.45) is 4.99 Å². The summed E-state index contributed by atoms with van der Waals surface area (Å²) in [6.45, 7) is 3.17.